The van der Waals surface area contributed by atoms with E-state index in [1.54, 1.807) is 17.1 Å². The van der Waals surface area contributed by atoms with E-state index < -0.39 is 0 Å². The molecule has 0 spiro atoms. The summed E-state index contributed by atoms with van der Waals surface area (Å²) in [7, 11) is 0. The van der Waals surface area contributed by atoms with Crippen LogP contribution in [0.1, 0.15) is 18.9 Å². The van der Waals surface area contributed by atoms with E-state index in [1.807, 2.05) is 41.1 Å². The highest BCUT2D eigenvalue weighted by Gasteiger charge is 2.22. The third-order valence-corrected chi connectivity index (χ3v) is 5.25. The summed E-state index contributed by atoms with van der Waals surface area (Å²) in [6.45, 7) is 4.32. The Morgan fingerprint density at radius 1 is 1.48 bits per heavy atom. The first kappa shape index (κ1) is 15.9. The van der Waals surface area contributed by atoms with Gasteiger partial charge in [0.25, 0.3) is 0 Å². The Labute approximate surface area is 140 Å². The van der Waals surface area contributed by atoms with Crippen molar-refractivity contribution in [2.75, 3.05) is 18.8 Å². The van der Waals surface area contributed by atoms with Gasteiger partial charge in [-0.15, -0.1) is 0 Å². The quantitative estimate of drug-likeness (QED) is 0.934. The topological polar surface area (TPSA) is 63.1 Å². The maximum Gasteiger partial charge on any atom is 0.317 e. The minimum Gasteiger partial charge on any atom is -0.334 e. The van der Waals surface area contributed by atoms with Crippen molar-refractivity contribution in [2.24, 2.45) is 0 Å². The molecule has 1 aliphatic rings. The van der Waals surface area contributed by atoms with Gasteiger partial charge in [-0.3, -0.25) is 0 Å². The van der Waals surface area contributed by atoms with Crippen LogP contribution in [0.3, 0.4) is 0 Å². The van der Waals surface area contributed by atoms with Crippen molar-refractivity contribution in [3.8, 4) is 5.82 Å². The number of pyridine rings is 1. The Kier molecular flexibility index (Phi) is 5.17. The SMILES string of the molecule is CCC1CN(C(=O)NCc2ccc(-n3cccn3)nc2)CCS1. The largest absolute Gasteiger partial charge is 0.334 e. The van der Waals surface area contributed by atoms with Crippen LogP contribution in [0, 0.1) is 0 Å². The molecule has 122 valence electrons. The zero-order valence-corrected chi connectivity index (χ0v) is 14.0. The van der Waals surface area contributed by atoms with Gasteiger partial charge in [0, 0.05) is 49.2 Å². The second-order valence-electron chi connectivity index (χ2n) is 5.48. The van der Waals surface area contributed by atoms with Crippen molar-refractivity contribution in [1.29, 1.82) is 0 Å². The maximum absolute atomic E-state index is 12.3. The number of carbonyl (C=O) groups is 1. The molecule has 3 rings (SSSR count). The first-order chi connectivity index (χ1) is 11.3. The first-order valence-electron chi connectivity index (χ1n) is 7.85. The second-order valence-corrected chi connectivity index (χ2v) is 6.89. The average molecular weight is 331 g/mol. The van der Waals surface area contributed by atoms with E-state index in [4.69, 9.17) is 0 Å². The molecular formula is C16H21N5OS. The van der Waals surface area contributed by atoms with Crippen molar-refractivity contribution >= 4 is 17.8 Å². The van der Waals surface area contributed by atoms with Gasteiger partial charge >= 0.3 is 6.03 Å². The molecule has 1 atom stereocenters. The number of carbonyl (C=O) groups excluding carboxylic acids is 1. The number of rotatable bonds is 4. The number of nitrogens with one attached hydrogen (secondary N) is 1. The normalized spacial score (nSPS) is 18.0. The number of thioether (sulfide) groups is 1. The van der Waals surface area contributed by atoms with Crippen LogP contribution in [0.2, 0.25) is 0 Å². The Hall–Kier alpha value is -2.02. The predicted molar refractivity (Wildman–Crippen MR) is 91.7 cm³/mol. The summed E-state index contributed by atoms with van der Waals surface area (Å²) in [6.07, 6.45) is 6.45. The van der Waals surface area contributed by atoms with Crippen LogP contribution in [-0.2, 0) is 6.54 Å². The van der Waals surface area contributed by atoms with E-state index in [9.17, 15) is 4.79 Å². The Bertz CT molecular complexity index is 628. The molecule has 2 aromatic rings. The molecule has 1 saturated heterocycles. The van der Waals surface area contributed by atoms with E-state index in [2.05, 4.69) is 22.3 Å². The van der Waals surface area contributed by atoms with Crippen LogP contribution in [0.5, 0.6) is 0 Å². The average Bonchev–Trinajstić information content (AvgIpc) is 3.15. The predicted octanol–water partition coefficient (Wildman–Crippen LogP) is 2.30. The Morgan fingerprint density at radius 2 is 2.39 bits per heavy atom. The Morgan fingerprint density at radius 3 is 3.09 bits per heavy atom. The number of aromatic nitrogens is 3. The van der Waals surface area contributed by atoms with Gasteiger partial charge in [-0.1, -0.05) is 13.0 Å². The van der Waals surface area contributed by atoms with Gasteiger partial charge < -0.3 is 10.2 Å². The summed E-state index contributed by atoms with van der Waals surface area (Å²) in [4.78, 5) is 18.5. The van der Waals surface area contributed by atoms with Crippen molar-refractivity contribution in [3.63, 3.8) is 0 Å². The van der Waals surface area contributed by atoms with Crippen molar-refractivity contribution in [2.45, 2.75) is 25.1 Å². The molecule has 0 radical (unpaired) electrons. The first-order valence-corrected chi connectivity index (χ1v) is 8.90. The van der Waals surface area contributed by atoms with Crippen LogP contribution < -0.4 is 5.32 Å². The molecule has 1 N–H and O–H groups in total. The molecule has 2 amide bonds. The van der Waals surface area contributed by atoms with Gasteiger partial charge in [0.1, 0.15) is 0 Å². The molecule has 3 heterocycles. The van der Waals surface area contributed by atoms with Crippen molar-refractivity contribution < 1.29 is 4.79 Å². The zero-order chi connectivity index (χ0) is 16.1. The van der Waals surface area contributed by atoms with E-state index in [0.29, 0.717) is 11.8 Å². The number of urea groups is 1. The van der Waals surface area contributed by atoms with E-state index >= 15 is 0 Å². The minimum absolute atomic E-state index is 0.0138. The highest BCUT2D eigenvalue weighted by atomic mass is 32.2. The monoisotopic (exact) mass is 331 g/mol. The highest BCUT2D eigenvalue weighted by Crippen LogP contribution is 2.20. The minimum atomic E-state index is 0.0138. The van der Waals surface area contributed by atoms with Crippen molar-refractivity contribution in [3.05, 3.63) is 42.4 Å². The van der Waals surface area contributed by atoms with Crippen LogP contribution in [0.15, 0.2) is 36.8 Å². The van der Waals surface area contributed by atoms with Crippen LogP contribution >= 0.6 is 11.8 Å². The fraction of sp³-hybridized carbons (Fsp3) is 0.438. The summed E-state index contributed by atoms with van der Waals surface area (Å²) < 4.78 is 1.71. The van der Waals surface area contributed by atoms with E-state index in [-0.39, 0.29) is 6.03 Å². The van der Waals surface area contributed by atoms with Gasteiger partial charge in [-0.05, 0) is 24.1 Å². The molecule has 6 nitrogen and oxygen atoms in total. The van der Waals surface area contributed by atoms with Gasteiger partial charge in [-0.2, -0.15) is 16.9 Å². The van der Waals surface area contributed by atoms with E-state index in [1.165, 1.54) is 0 Å². The Balaban J connectivity index is 1.52. The lowest BCUT2D eigenvalue weighted by Crippen LogP contribution is -2.46. The van der Waals surface area contributed by atoms with Crippen LogP contribution in [-0.4, -0.2) is 49.8 Å². The lowest BCUT2D eigenvalue weighted by molar-refractivity contribution is 0.199. The zero-order valence-electron chi connectivity index (χ0n) is 13.2. The molecule has 23 heavy (non-hydrogen) atoms. The van der Waals surface area contributed by atoms with Gasteiger partial charge in [0.05, 0.1) is 0 Å². The number of nitrogens with zero attached hydrogens (tertiary/aromatic N) is 4. The summed E-state index contributed by atoms with van der Waals surface area (Å²) in [6, 6.07) is 5.74. The molecule has 1 unspecified atom stereocenters. The highest BCUT2D eigenvalue weighted by molar-refractivity contribution is 8.00. The van der Waals surface area contributed by atoms with Crippen molar-refractivity contribution in [1.82, 2.24) is 25.0 Å². The smallest absolute Gasteiger partial charge is 0.317 e. The molecule has 0 aromatic carbocycles. The molecule has 1 fully saturated rings. The lowest BCUT2D eigenvalue weighted by atomic mass is 10.3. The van der Waals surface area contributed by atoms with Crippen LogP contribution in [0.4, 0.5) is 4.79 Å². The van der Waals surface area contributed by atoms with E-state index in [0.717, 1.165) is 36.6 Å². The molecular weight excluding hydrogens is 310 g/mol. The van der Waals surface area contributed by atoms with Gasteiger partial charge in [0.15, 0.2) is 5.82 Å². The van der Waals surface area contributed by atoms with Crippen LogP contribution in [0.25, 0.3) is 5.82 Å². The fourth-order valence-corrected chi connectivity index (χ4v) is 3.68. The van der Waals surface area contributed by atoms with Gasteiger partial charge in [-0.25, -0.2) is 14.5 Å². The summed E-state index contributed by atoms with van der Waals surface area (Å²) >= 11 is 1.96. The third-order valence-electron chi connectivity index (χ3n) is 3.87. The third kappa shape index (κ3) is 4.04. The number of hydrogen-bond donors (Lipinski definition) is 1. The molecule has 0 saturated carbocycles. The summed E-state index contributed by atoms with van der Waals surface area (Å²) in [5, 5.41) is 7.69. The molecule has 7 heteroatoms. The standard InChI is InChI=1S/C16H21N5OS/c1-2-14-12-20(8-9-23-14)16(22)18-11-13-4-5-15(17-10-13)21-7-3-6-19-21/h3-7,10,14H,2,8-9,11-12H2,1H3,(H,18,22). The molecule has 0 aliphatic carbocycles. The molecule has 1 aliphatic heterocycles. The maximum atomic E-state index is 12.3. The lowest BCUT2D eigenvalue weighted by Gasteiger charge is -2.31. The van der Waals surface area contributed by atoms with Gasteiger partial charge in [0.2, 0.25) is 0 Å². The second kappa shape index (κ2) is 7.50. The summed E-state index contributed by atoms with van der Waals surface area (Å²) in [5.74, 6) is 1.79. The fourth-order valence-electron chi connectivity index (χ4n) is 2.50. The number of amides is 2. The number of hydrogen-bond acceptors (Lipinski definition) is 4. The molecule has 0 bridgehead atoms. The summed E-state index contributed by atoms with van der Waals surface area (Å²) in [5.41, 5.74) is 0.979. The molecule has 2 aromatic heterocycles.